The molecule has 0 bridgehead atoms. The van der Waals surface area contributed by atoms with Gasteiger partial charge >= 0.3 is 0 Å². The highest BCUT2D eigenvalue weighted by Crippen LogP contribution is 2.41. The zero-order valence-electron chi connectivity index (χ0n) is 10.6. The van der Waals surface area contributed by atoms with Gasteiger partial charge in [0, 0.05) is 5.54 Å². The van der Waals surface area contributed by atoms with Crippen LogP contribution in [0.4, 0.5) is 0 Å². The minimum absolute atomic E-state index is 0.00847. The number of rotatable bonds is 2. The molecule has 88 valence electrons. The average Bonchev–Trinajstić information content (AvgIpc) is 2.06. The normalized spacial score (nSPS) is 19.3. The van der Waals surface area contributed by atoms with Crippen LogP contribution < -0.4 is 5.73 Å². The third-order valence-corrected chi connectivity index (χ3v) is 3.99. The molecule has 2 N–H and O–H groups in total. The Morgan fingerprint density at radius 3 is 2.19 bits per heavy atom. The highest BCUT2D eigenvalue weighted by Gasteiger charge is 2.50. The Bertz CT molecular complexity index is 400. The Balaban J connectivity index is 2.45. The molecule has 0 aliphatic carbocycles. The van der Waals surface area contributed by atoms with Gasteiger partial charge in [-0.25, -0.2) is 0 Å². The molecule has 2 nitrogen and oxygen atoms in total. The summed E-state index contributed by atoms with van der Waals surface area (Å²) < 4.78 is 5.41. The van der Waals surface area contributed by atoms with Crippen LogP contribution >= 0.6 is 0 Å². The van der Waals surface area contributed by atoms with E-state index in [1.807, 2.05) is 0 Å². The van der Waals surface area contributed by atoms with Gasteiger partial charge < -0.3 is 10.5 Å². The lowest BCUT2D eigenvalue weighted by Gasteiger charge is -2.51. The van der Waals surface area contributed by atoms with Gasteiger partial charge in [0.05, 0.1) is 18.6 Å². The lowest BCUT2D eigenvalue weighted by molar-refractivity contribution is -0.0919. The fourth-order valence-corrected chi connectivity index (χ4v) is 2.26. The fraction of sp³-hybridized carbons (Fsp3) is 0.571. The van der Waals surface area contributed by atoms with Crippen molar-refractivity contribution in [1.29, 1.82) is 0 Å². The maximum Gasteiger partial charge on any atom is 0.0603 e. The van der Waals surface area contributed by atoms with E-state index in [9.17, 15) is 0 Å². The maximum absolute atomic E-state index is 6.32. The van der Waals surface area contributed by atoms with E-state index in [4.69, 9.17) is 10.5 Å². The van der Waals surface area contributed by atoms with Crippen LogP contribution in [0, 0.1) is 13.8 Å². The molecule has 0 atom stereocenters. The van der Waals surface area contributed by atoms with Crippen LogP contribution in [0.15, 0.2) is 18.2 Å². The van der Waals surface area contributed by atoms with Crippen molar-refractivity contribution in [2.75, 3.05) is 13.2 Å². The number of hydrogen-bond donors (Lipinski definition) is 1. The summed E-state index contributed by atoms with van der Waals surface area (Å²) in [4.78, 5) is 0. The molecule has 0 unspecified atom stereocenters. The molecule has 1 fully saturated rings. The summed E-state index contributed by atoms with van der Waals surface area (Å²) in [5.74, 6) is 0. The van der Waals surface area contributed by atoms with Crippen LogP contribution in [0.1, 0.15) is 30.5 Å². The van der Waals surface area contributed by atoms with Crippen LogP contribution in [-0.2, 0) is 10.2 Å². The van der Waals surface area contributed by atoms with Crippen LogP contribution in [0.2, 0.25) is 0 Å². The molecule has 0 amide bonds. The Hall–Kier alpha value is -0.860. The van der Waals surface area contributed by atoms with Crippen LogP contribution in [0.25, 0.3) is 0 Å². The molecule has 2 heteroatoms. The van der Waals surface area contributed by atoms with E-state index in [-0.39, 0.29) is 11.0 Å². The standard InChI is InChI=1S/C14H21NO/c1-10-5-6-12(7-11(10)2)14(8-16-9-14)13(3,4)15/h5-7H,8-9,15H2,1-4H3. The van der Waals surface area contributed by atoms with E-state index in [1.54, 1.807) is 0 Å². The first-order chi connectivity index (χ1) is 7.37. The van der Waals surface area contributed by atoms with Crippen molar-refractivity contribution < 1.29 is 4.74 Å². The molecule has 1 aromatic carbocycles. The van der Waals surface area contributed by atoms with Gasteiger partial charge in [0.2, 0.25) is 0 Å². The summed E-state index contributed by atoms with van der Waals surface area (Å²) in [5.41, 5.74) is 10.0. The Labute approximate surface area is 97.8 Å². The Morgan fingerprint density at radius 1 is 1.19 bits per heavy atom. The second-order valence-electron chi connectivity index (χ2n) is 5.60. The minimum Gasteiger partial charge on any atom is -0.379 e. The largest absolute Gasteiger partial charge is 0.379 e. The molecular weight excluding hydrogens is 198 g/mol. The quantitative estimate of drug-likeness (QED) is 0.828. The first-order valence-electron chi connectivity index (χ1n) is 5.81. The van der Waals surface area contributed by atoms with Gasteiger partial charge in [0.25, 0.3) is 0 Å². The van der Waals surface area contributed by atoms with Gasteiger partial charge in [-0.05, 0) is 44.4 Å². The lowest BCUT2D eigenvalue weighted by Crippen LogP contribution is -2.64. The summed E-state index contributed by atoms with van der Waals surface area (Å²) in [6.07, 6.45) is 0. The predicted octanol–water partition coefficient (Wildman–Crippen LogP) is 2.31. The second-order valence-corrected chi connectivity index (χ2v) is 5.60. The monoisotopic (exact) mass is 219 g/mol. The molecule has 1 saturated heterocycles. The van der Waals surface area contributed by atoms with Crippen molar-refractivity contribution >= 4 is 0 Å². The molecule has 1 heterocycles. The summed E-state index contributed by atoms with van der Waals surface area (Å²) in [7, 11) is 0. The van der Waals surface area contributed by atoms with Crippen LogP contribution in [-0.4, -0.2) is 18.8 Å². The van der Waals surface area contributed by atoms with E-state index < -0.39 is 0 Å². The lowest BCUT2D eigenvalue weighted by atomic mass is 9.65. The van der Waals surface area contributed by atoms with Crippen molar-refractivity contribution in [2.45, 2.75) is 38.6 Å². The highest BCUT2D eigenvalue weighted by molar-refractivity contribution is 5.38. The van der Waals surface area contributed by atoms with Gasteiger partial charge in [-0.3, -0.25) is 0 Å². The first kappa shape index (κ1) is 11.6. The van der Waals surface area contributed by atoms with Crippen molar-refractivity contribution in [3.63, 3.8) is 0 Å². The fourth-order valence-electron chi connectivity index (χ4n) is 2.26. The van der Waals surface area contributed by atoms with E-state index in [0.717, 1.165) is 13.2 Å². The molecule has 1 aromatic rings. The van der Waals surface area contributed by atoms with Gasteiger partial charge in [-0.1, -0.05) is 18.2 Å². The number of hydrogen-bond acceptors (Lipinski definition) is 2. The number of aryl methyl sites for hydroxylation is 2. The molecule has 0 spiro atoms. The van der Waals surface area contributed by atoms with E-state index in [1.165, 1.54) is 16.7 Å². The van der Waals surface area contributed by atoms with Crippen molar-refractivity contribution in [3.8, 4) is 0 Å². The smallest absolute Gasteiger partial charge is 0.0603 e. The first-order valence-corrected chi connectivity index (χ1v) is 5.81. The molecule has 2 rings (SSSR count). The van der Waals surface area contributed by atoms with Crippen molar-refractivity contribution in [2.24, 2.45) is 5.73 Å². The average molecular weight is 219 g/mol. The molecule has 1 aliphatic rings. The molecule has 1 aliphatic heterocycles. The summed E-state index contributed by atoms with van der Waals surface area (Å²) in [6.45, 7) is 9.93. The van der Waals surface area contributed by atoms with Gasteiger partial charge in [0.1, 0.15) is 0 Å². The predicted molar refractivity (Wildman–Crippen MR) is 66.7 cm³/mol. The third-order valence-electron chi connectivity index (χ3n) is 3.99. The van der Waals surface area contributed by atoms with E-state index in [2.05, 4.69) is 45.9 Å². The zero-order valence-corrected chi connectivity index (χ0v) is 10.6. The van der Waals surface area contributed by atoms with Gasteiger partial charge in [0.15, 0.2) is 0 Å². The van der Waals surface area contributed by atoms with Crippen LogP contribution in [0.3, 0.4) is 0 Å². The molecular formula is C14H21NO. The van der Waals surface area contributed by atoms with Crippen LogP contribution in [0.5, 0.6) is 0 Å². The number of benzene rings is 1. The number of nitrogens with two attached hydrogens (primary N) is 1. The third kappa shape index (κ3) is 1.57. The Kier molecular flexibility index (Phi) is 2.59. The van der Waals surface area contributed by atoms with Gasteiger partial charge in [-0.2, -0.15) is 0 Å². The van der Waals surface area contributed by atoms with E-state index >= 15 is 0 Å². The zero-order chi connectivity index (χ0) is 12.0. The SMILES string of the molecule is Cc1ccc(C2(C(C)(C)N)COC2)cc1C. The summed E-state index contributed by atoms with van der Waals surface area (Å²) in [6, 6.07) is 6.63. The molecule has 0 saturated carbocycles. The summed E-state index contributed by atoms with van der Waals surface area (Å²) >= 11 is 0. The van der Waals surface area contributed by atoms with Crippen molar-refractivity contribution in [1.82, 2.24) is 0 Å². The maximum atomic E-state index is 6.32. The molecule has 0 aromatic heterocycles. The highest BCUT2D eigenvalue weighted by atomic mass is 16.5. The molecule has 0 radical (unpaired) electrons. The Morgan fingerprint density at radius 2 is 1.81 bits per heavy atom. The second kappa shape index (κ2) is 3.57. The molecule has 16 heavy (non-hydrogen) atoms. The van der Waals surface area contributed by atoms with E-state index in [0.29, 0.717) is 0 Å². The minimum atomic E-state index is -0.243. The number of ether oxygens (including phenoxy) is 1. The van der Waals surface area contributed by atoms with Gasteiger partial charge in [-0.15, -0.1) is 0 Å². The topological polar surface area (TPSA) is 35.2 Å². The summed E-state index contributed by atoms with van der Waals surface area (Å²) in [5, 5.41) is 0. The van der Waals surface area contributed by atoms with Crippen molar-refractivity contribution in [3.05, 3.63) is 34.9 Å².